The van der Waals surface area contributed by atoms with E-state index < -0.39 is 11.1 Å². The van der Waals surface area contributed by atoms with Crippen LogP contribution >= 0.6 is 11.8 Å². The van der Waals surface area contributed by atoms with Crippen molar-refractivity contribution in [1.82, 2.24) is 4.90 Å². The van der Waals surface area contributed by atoms with Gasteiger partial charge in [-0.05, 0) is 6.26 Å². The molecule has 0 aliphatic heterocycles. The Kier molecular flexibility index (Phi) is 4.82. The minimum atomic E-state index is -0.870. The fourth-order valence-corrected chi connectivity index (χ4v) is 1.03. The highest BCUT2D eigenvalue weighted by atomic mass is 32.2. The molecule has 0 fully saturated rings. The summed E-state index contributed by atoms with van der Waals surface area (Å²) in [6.07, 6.45) is 0.872. The van der Waals surface area contributed by atoms with Crippen LogP contribution in [0.3, 0.4) is 0 Å². The number of hydrogen-bond donors (Lipinski definition) is 0. The number of rotatable bonds is 1. The van der Waals surface area contributed by atoms with Crippen molar-refractivity contribution in [2.45, 2.75) is 0 Å². The summed E-state index contributed by atoms with van der Waals surface area (Å²) in [7, 11) is 2.52. The van der Waals surface area contributed by atoms with Gasteiger partial charge in [-0.2, -0.15) is 0 Å². The van der Waals surface area contributed by atoms with Crippen LogP contribution in [0.25, 0.3) is 0 Å². The van der Waals surface area contributed by atoms with Gasteiger partial charge in [0.15, 0.2) is 5.03 Å². The van der Waals surface area contributed by atoms with Gasteiger partial charge in [0.2, 0.25) is 5.17 Å². The summed E-state index contributed by atoms with van der Waals surface area (Å²) in [4.78, 5) is 21.8. The Morgan fingerprint density at radius 2 is 2.23 bits per heavy atom. The number of amides is 1. The number of carbonyl (C=O) groups excluding carboxylic acids is 1. The fraction of sp³-hybridized carbons (Fsp3) is 0.600. The second kappa shape index (κ2) is 5.36. The Labute approximate surface area is 78.9 Å². The van der Waals surface area contributed by atoms with E-state index in [9.17, 15) is 14.9 Å². The summed E-state index contributed by atoms with van der Waals surface area (Å²) in [6.45, 7) is 0. The van der Waals surface area contributed by atoms with E-state index in [-0.39, 0.29) is 5.17 Å². The van der Waals surface area contributed by atoms with Crippen molar-refractivity contribution < 1.29 is 14.6 Å². The highest BCUT2D eigenvalue weighted by Crippen LogP contribution is 2.04. The first-order valence-corrected chi connectivity index (χ1v) is 4.34. The monoisotopic (exact) mass is 207 g/mol. The molecule has 0 aromatic rings. The first-order valence-electron chi connectivity index (χ1n) is 3.11. The molecule has 0 heterocycles. The molecule has 8 heteroatoms. The first-order chi connectivity index (χ1) is 6.02. The van der Waals surface area contributed by atoms with Gasteiger partial charge in [0, 0.05) is 7.05 Å². The molecule has 0 aromatic heterocycles. The van der Waals surface area contributed by atoms with Crippen molar-refractivity contribution in [2.75, 3.05) is 20.4 Å². The number of thioether (sulfide) groups is 1. The van der Waals surface area contributed by atoms with Crippen molar-refractivity contribution in [2.24, 2.45) is 5.10 Å². The molecule has 7 nitrogen and oxygen atoms in total. The van der Waals surface area contributed by atoms with Crippen molar-refractivity contribution in [3.63, 3.8) is 0 Å². The lowest BCUT2D eigenvalue weighted by Gasteiger charge is -2.12. The summed E-state index contributed by atoms with van der Waals surface area (Å²) in [6, 6.07) is 0. The van der Waals surface area contributed by atoms with E-state index in [1.54, 1.807) is 6.26 Å². The van der Waals surface area contributed by atoms with Crippen LogP contribution in [-0.2, 0) is 4.74 Å². The molecular weight excluding hydrogens is 198 g/mol. The molecule has 13 heavy (non-hydrogen) atoms. The summed E-state index contributed by atoms with van der Waals surface area (Å²) in [5, 5.41) is 12.1. The number of carbonyl (C=O) groups is 1. The van der Waals surface area contributed by atoms with E-state index in [1.165, 1.54) is 14.2 Å². The Bertz CT molecular complexity index is 242. The molecule has 0 bridgehead atoms. The molecule has 0 atom stereocenters. The van der Waals surface area contributed by atoms with Crippen molar-refractivity contribution in [3.8, 4) is 0 Å². The average Bonchev–Trinajstić information content (AvgIpc) is 2.11. The van der Waals surface area contributed by atoms with Crippen LogP contribution in [0, 0.1) is 10.1 Å². The molecule has 0 spiro atoms. The first kappa shape index (κ1) is 11.7. The lowest BCUT2D eigenvalue weighted by atomic mass is 10.9. The molecule has 0 rings (SSSR count). The summed E-state index contributed by atoms with van der Waals surface area (Å²) in [5.74, 6) is 0. The lowest BCUT2D eigenvalue weighted by Crippen LogP contribution is -2.31. The average molecular weight is 207 g/mol. The van der Waals surface area contributed by atoms with Gasteiger partial charge >= 0.3 is 6.09 Å². The third kappa shape index (κ3) is 3.74. The van der Waals surface area contributed by atoms with E-state index in [1.807, 2.05) is 0 Å². The zero-order valence-corrected chi connectivity index (χ0v) is 8.20. The van der Waals surface area contributed by atoms with Gasteiger partial charge in [0.05, 0.1) is 12.2 Å². The third-order valence-electron chi connectivity index (χ3n) is 1.09. The highest BCUT2D eigenvalue weighted by molar-refractivity contribution is 8.13. The molecule has 0 unspecified atom stereocenters. The predicted molar refractivity (Wildman–Crippen MR) is 48.1 cm³/mol. The quantitative estimate of drug-likeness (QED) is 0.272. The Morgan fingerprint density at radius 1 is 1.69 bits per heavy atom. The second-order valence-electron chi connectivity index (χ2n) is 1.85. The van der Waals surface area contributed by atoms with Gasteiger partial charge in [-0.25, -0.2) is 14.9 Å². The van der Waals surface area contributed by atoms with Crippen LogP contribution < -0.4 is 0 Å². The molecule has 0 radical (unpaired) electrons. The smallest absolute Gasteiger partial charge is 0.415 e. The SMILES string of the molecule is COC(=O)N(C)/C(=N/[N+](=O)[O-])SC. The van der Waals surface area contributed by atoms with E-state index in [0.29, 0.717) is 0 Å². The molecular formula is C5H9N3O4S. The molecule has 0 N–H and O–H groups in total. The Morgan fingerprint density at radius 3 is 2.54 bits per heavy atom. The molecule has 0 saturated carbocycles. The maximum atomic E-state index is 10.9. The number of hydrogen-bond acceptors (Lipinski definition) is 5. The third-order valence-corrected chi connectivity index (χ3v) is 1.81. The summed E-state index contributed by atoms with van der Waals surface area (Å²) in [5.41, 5.74) is 0. The van der Waals surface area contributed by atoms with Crippen molar-refractivity contribution in [1.29, 1.82) is 0 Å². The van der Waals surface area contributed by atoms with Gasteiger partial charge < -0.3 is 4.74 Å². The maximum absolute atomic E-state index is 10.9. The van der Waals surface area contributed by atoms with Crippen LogP contribution in [0.15, 0.2) is 5.10 Å². The van der Waals surface area contributed by atoms with Gasteiger partial charge in [-0.3, -0.25) is 4.90 Å². The van der Waals surface area contributed by atoms with Gasteiger partial charge in [0.25, 0.3) is 0 Å². The largest absolute Gasteiger partial charge is 0.452 e. The topological polar surface area (TPSA) is 85.0 Å². The van der Waals surface area contributed by atoms with Crippen LogP contribution in [-0.4, -0.2) is 41.6 Å². The molecule has 0 aliphatic carbocycles. The minimum absolute atomic E-state index is 0.0307. The van der Waals surface area contributed by atoms with Crippen molar-refractivity contribution in [3.05, 3.63) is 10.1 Å². The highest BCUT2D eigenvalue weighted by Gasteiger charge is 2.17. The van der Waals surface area contributed by atoms with Crippen LogP contribution in [0.4, 0.5) is 4.79 Å². The zero-order valence-electron chi connectivity index (χ0n) is 7.38. The number of ether oxygens (including phenoxy) is 1. The van der Waals surface area contributed by atoms with E-state index in [0.717, 1.165) is 16.7 Å². The number of nitrogens with zero attached hydrogens (tertiary/aromatic N) is 3. The normalized spacial score (nSPS) is 10.8. The van der Waals surface area contributed by atoms with Gasteiger partial charge in [-0.1, -0.05) is 11.8 Å². The summed E-state index contributed by atoms with van der Waals surface area (Å²) >= 11 is 0.983. The standard InChI is InChI=1S/C5H9N3O4S/c1-7(5(9)12-2)4(13-3)6-8(10)11/h1-3H3/b6-4-. The van der Waals surface area contributed by atoms with E-state index >= 15 is 0 Å². The summed E-state index contributed by atoms with van der Waals surface area (Å²) < 4.78 is 4.35. The molecule has 0 aliphatic rings. The molecule has 1 amide bonds. The zero-order chi connectivity index (χ0) is 10.4. The predicted octanol–water partition coefficient (Wildman–Crippen LogP) is 0.595. The molecule has 0 saturated heterocycles. The second-order valence-corrected chi connectivity index (χ2v) is 2.63. The van der Waals surface area contributed by atoms with E-state index in [4.69, 9.17) is 0 Å². The number of methoxy groups -OCH3 is 1. The van der Waals surface area contributed by atoms with Gasteiger partial charge in [-0.15, -0.1) is 0 Å². The molecule has 0 aromatic carbocycles. The maximum Gasteiger partial charge on any atom is 0.415 e. The number of amidine groups is 1. The van der Waals surface area contributed by atoms with Crippen LogP contribution in [0.2, 0.25) is 0 Å². The van der Waals surface area contributed by atoms with Crippen molar-refractivity contribution >= 4 is 23.0 Å². The molecule has 74 valence electrons. The van der Waals surface area contributed by atoms with Crippen LogP contribution in [0.5, 0.6) is 0 Å². The fourth-order valence-electron chi connectivity index (χ4n) is 0.530. The van der Waals surface area contributed by atoms with Gasteiger partial charge in [0.1, 0.15) is 0 Å². The van der Waals surface area contributed by atoms with E-state index in [2.05, 4.69) is 9.84 Å². The number of hydrazone groups is 1. The number of nitro groups is 1. The van der Waals surface area contributed by atoms with Crippen LogP contribution in [0.1, 0.15) is 0 Å². The lowest BCUT2D eigenvalue weighted by molar-refractivity contribution is -0.485. The Balaban J connectivity index is 4.58. The Hall–Kier alpha value is -1.31. The minimum Gasteiger partial charge on any atom is -0.452 e.